The molecule has 3 nitrogen and oxygen atoms in total. The summed E-state index contributed by atoms with van der Waals surface area (Å²) in [5, 5.41) is 0. The van der Waals surface area contributed by atoms with Gasteiger partial charge in [0.1, 0.15) is 0 Å². The van der Waals surface area contributed by atoms with Gasteiger partial charge in [-0.05, 0) is 20.0 Å². The second kappa shape index (κ2) is 5.13. The molecule has 0 fully saturated rings. The molecule has 0 aliphatic rings. The zero-order valence-electron chi connectivity index (χ0n) is 7.76. The maximum Gasteiger partial charge on any atom is 0.305 e. The molecule has 11 heavy (non-hydrogen) atoms. The zero-order valence-corrected chi connectivity index (χ0v) is 7.76. The molecule has 0 aromatic carbocycles. The third-order valence-electron chi connectivity index (χ3n) is 1.42. The molecule has 0 bridgehead atoms. The summed E-state index contributed by atoms with van der Waals surface area (Å²) in [6.45, 7) is 2.96. The van der Waals surface area contributed by atoms with Crippen LogP contribution in [-0.4, -0.2) is 38.6 Å². The Bertz CT molecular complexity index is 123. The number of hydrogen-bond donors (Lipinski definition) is 0. The topological polar surface area (TPSA) is 29.5 Å². The fourth-order valence-electron chi connectivity index (χ4n) is 1.06. The van der Waals surface area contributed by atoms with Gasteiger partial charge in [0.2, 0.25) is 0 Å². The van der Waals surface area contributed by atoms with E-state index in [0.29, 0.717) is 12.3 Å². The van der Waals surface area contributed by atoms with Crippen molar-refractivity contribution < 1.29 is 9.53 Å². The number of carbonyl (C=O) groups excluding carboxylic acids is 1. The minimum absolute atomic E-state index is 0.126. The zero-order chi connectivity index (χ0) is 8.85. The minimum Gasteiger partial charge on any atom is -0.469 e. The van der Waals surface area contributed by atoms with E-state index < -0.39 is 0 Å². The number of ether oxygens (including phenoxy) is 1. The van der Waals surface area contributed by atoms with Crippen molar-refractivity contribution in [1.29, 1.82) is 0 Å². The number of rotatable bonds is 4. The van der Waals surface area contributed by atoms with Gasteiger partial charge in [-0.15, -0.1) is 0 Å². The van der Waals surface area contributed by atoms with E-state index in [4.69, 9.17) is 0 Å². The van der Waals surface area contributed by atoms with Crippen molar-refractivity contribution in [3.63, 3.8) is 0 Å². The molecule has 0 aromatic heterocycles. The van der Waals surface area contributed by atoms with Crippen LogP contribution >= 0.6 is 0 Å². The van der Waals surface area contributed by atoms with E-state index in [1.165, 1.54) is 7.11 Å². The number of nitrogens with zero attached hydrogens (tertiary/aromatic N) is 1. The fourth-order valence-corrected chi connectivity index (χ4v) is 1.06. The highest BCUT2D eigenvalue weighted by molar-refractivity contribution is 5.69. The molecule has 3 heteroatoms. The molecule has 0 spiro atoms. The van der Waals surface area contributed by atoms with Gasteiger partial charge in [0.15, 0.2) is 0 Å². The van der Waals surface area contributed by atoms with Crippen LogP contribution in [-0.2, 0) is 9.53 Å². The Labute approximate surface area is 68.3 Å². The molecule has 0 rings (SSSR count). The standard InChI is InChI=1S/C8H17NO2/c1-7(6-9(2)3)5-8(10)11-4/h7H,5-6H2,1-4H3. The largest absolute Gasteiger partial charge is 0.469 e. The molecule has 0 radical (unpaired) electrons. The van der Waals surface area contributed by atoms with Crippen LogP contribution in [0.1, 0.15) is 13.3 Å². The summed E-state index contributed by atoms with van der Waals surface area (Å²) >= 11 is 0. The van der Waals surface area contributed by atoms with Gasteiger partial charge in [0.05, 0.1) is 7.11 Å². The van der Waals surface area contributed by atoms with E-state index in [9.17, 15) is 4.79 Å². The van der Waals surface area contributed by atoms with Gasteiger partial charge < -0.3 is 9.64 Å². The highest BCUT2D eigenvalue weighted by Gasteiger charge is 2.09. The molecule has 0 heterocycles. The third-order valence-corrected chi connectivity index (χ3v) is 1.42. The van der Waals surface area contributed by atoms with Crippen molar-refractivity contribution in [2.75, 3.05) is 27.7 Å². The summed E-state index contributed by atoms with van der Waals surface area (Å²) in [5.41, 5.74) is 0. The Kier molecular flexibility index (Phi) is 4.86. The van der Waals surface area contributed by atoms with Crippen molar-refractivity contribution in [2.45, 2.75) is 13.3 Å². The number of hydrogen-bond acceptors (Lipinski definition) is 3. The first-order chi connectivity index (χ1) is 5.06. The monoisotopic (exact) mass is 159 g/mol. The molecule has 66 valence electrons. The Morgan fingerprint density at radius 3 is 2.45 bits per heavy atom. The van der Waals surface area contributed by atoms with Crippen LogP contribution in [0.5, 0.6) is 0 Å². The first kappa shape index (κ1) is 10.4. The Morgan fingerprint density at radius 1 is 1.55 bits per heavy atom. The number of esters is 1. The predicted molar refractivity (Wildman–Crippen MR) is 44.4 cm³/mol. The Hall–Kier alpha value is -0.570. The van der Waals surface area contributed by atoms with Gasteiger partial charge in [0.25, 0.3) is 0 Å². The Morgan fingerprint density at radius 2 is 2.09 bits per heavy atom. The van der Waals surface area contributed by atoms with Crippen molar-refractivity contribution in [3.05, 3.63) is 0 Å². The first-order valence-corrected chi connectivity index (χ1v) is 3.77. The number of methoxy groups -OCH3 is 1. The smallest absolute Gasteiger partial charge is 0.305 e. The molecular weight excluding hydrogens is 142 g/mol. The molecule has 1 atom stereocenters. The van der Waals surface area contributed by atoms with E-state index in [1.807, 2.05) is 21.0 Å². The van der Waals surface area contributed by atoms with Gasteiger partial charge in [-0.25, -0.2) is 0 Å². The van der Waals surface area contributed by atoms with Gasteiger partial charge >= 0.3 is 5.97 Å². The van der Waals surface area contributed by atoms with Crippen molar-refractivity contribution >= 4 is 5.97 Å². The van der Waals surface area contributed by atoms with Crippen LogP contribution < -0.4 is 0 Å². The second-order valence-corrected chi connectivity index (χ2v) is 3.15. The highest BCUT2D eigenvalue weighted by Crippen LogP contribution is 2.03. The van der Waals surface area contributed by atoms with Crippen LogP contribution in [0.4, 0.5) is 0 Å². The summed E-state index contributed by atoms with van der Waals surface area (Å²) in [7, 11) is 5.41. The molecule has 1 unspecified atom stereocenters. The SMILES string of the molecule is COC(=O)CC(C)CN(C)C. The predicted octanol–water partition coefficient (Wildman–Crippen LogP) is 0.747. The summed E-state index contributed by atoms with van der Waals surface area (Å²) < 4.78 is 4.54. The average molecular weight is 159 g/mol. The lowest BCUT2D eigenvalue weighted by Gasteiger charge is -2.15. The van der Waals surface area contributed by atoms with Crippen molar-refractivity contribution in [1.82, 2.24) is 4.90 Å². The lowest BCUT2D eigenvalue weighted by Crippen LogP contribution is -2.22. The molecule has 0 N–H and O–H groups in total. The molecule has 0 saturated carbocycles. The Balaban J connectivity index is 3.51. The summed E-state index contributed by atoms with van der Waals surface area (Å²) in [4.78, 5) is 12.8. The fraction of sp³-hybridized carbons (Fsp3) is 0.875. The van der Waals surface area contributed by atoms with Crippen molar-refractivity contribution in [3.8, 4) is 0 Å². The lowest BCUT2D eigenvalue weighted by atomic mass is 10.1. The van der Waals surface area contributed by atoms with Crippen LogP contribution in [0.3, 0.4) is 0 Å². The first-order valence-electron chi connectivity index (χ1n) is 3.77. The molecule has 0 aromatic rings. The van der Waals surface area contributed by atoms with Crippen LogP contribution in [0.25, 0.3) is 0 Å². The molecule has 0 amide bonds. The highest BCUT2D eigenvalue weighted by atomic mass is 16.5. The maximum atomic E-state index is 10.8. The van der Waals surface area contributed by atoms with Gasteiger partial charge in [-0.2, -0.15) is 0 Å². The van der Waals surface area contributed by atoms with E-state index in [1.54, 1.807) is 0 Å². The van der Waals surface area contributed by atoms with E-state index in [0.717, 1.165) is 6.54 Å². The van der Waals surface area contributed by atoms with Gasteiger partial charge in [-0.1, -0.05) is 6.92 Å². The second-order valence-electron chi connectivity index (χ2n) is 3.15. The average Bonchev–Trinajstić information content (AvgIpc) is 1.85. The lowest BCUT2D eigenvalue weighted by molar-refractivity contribution is -0.141. The maximum absolute atomic E-state index is 10.8. The summed E-state index contributed by atoms with van der Waals surface area (Å²) in [6, 6.07) is 0. The van der Waals surface area contributed by atoms with Gasteiger partial charge in [-0.3, -0.25) is 4.79 Å². The van der Waals surface area contributed by atoms with Crippen molar-refractivity contribution in [2.24, 2.45) is 5.92 Å². The minimum atomic E-state index is -0.126. The third kappa shape index (κ3) is 5.85. The quantitative estimate of drug-likeness (QED) is 0.567. The molecular formula is C8H17NO2. The molecule has 0 aliphatic carbocycles. The summed E-state index contributed by atoms with van der Waals surface area (Å²) in [5.74, 6) is 0.247. The normalized spacial score (nSPS) is 13.2. The van der Waals surface area contributed by atoms with Crippen LogP contribution in [0.2, 0.25) is 0 Å². The van der Waals surface area contributed by atoms with Crippen LogP contribution in [0, 0.1) is 5.92 Å². The van der Waals surface area contributed by atoms with E-state index in [-0.39, 0.29) is 5.97 Å². The molecule has 0 saturated heterocycles. The molecule has 0 aliphatic heterocycles. The van der Waals surface area contributed by atoms with Crippen LogP contribution in [0.15, 0.2) is 0 Å². The summed E-state index contributed by atoms with van der Waals surface area (Å²) in [6.07, 6.45) is 0.509. The number of carbonyl (C=O) groups is 1. The van der Waals surface area contributed by atoms with E-state index in [2.05, 4.69) is 9.64 Å². The van der Waals surface area contributed by atoms with Gasteiger partial charge in [0, 0.05) is 13.0 Å². The van der Waals surface area contributed by atoms with E-state index >= 15 is 0 Å².